The first-order valence-electron chi connectivity index (χ1n) is 19.2. The number of fused-ring (bicyclic) bond motifs is 7. The van der Waals surface area contributed by atoms with Crippen LogP contribution < -0.4 is 0 Å². The average Bonchev–Trinajstić information content (AvgIpc) is 3.68. The summed E-state index contributed by atoms with van der Waals surface area (Å²) < 4.78 is 2.50. The first-order chi connectivity index (χ1) is 28.2. The van der Waals surface area contributed by atoms with Gasteiger partial charge in [-0.1, -0.05) is 170 Å². The Morgan fingerprint density at radius 2 is 0.807 bits per heavy atom. The molecule has 0 aliphatic rings. The van der Waals surface area contributed by atoms with Gasteiger partial charge in [-0.15, -0.1) is 11.3 Å². The molecule has 11 rings (SSSR count). The molecular formula is C53H33N3S. The third-order valence-corrected chi connectivity index (χ3v) is 12.0. The van der Waals surface area contributed by atoms with Crippen LogP contribution in [0.25, 0.3) is 109 Å². The molecule has 3 nitrogen and oxygen atoms in total. The minimum Gasteiger partial charge on any atom is -0.247 e. The Bertz CT molecular complexity index is 3150. The van der Waals surface area contributed by atoms with Crippen LogP contribution in [0.2, 0.25) is 0 Å². The molecule has 0 saturated heterocycles. The molecule has 3 aromatic heterocycles. The average molecular weight is 744 g/mol. The summed E-state index contributed by atoms with van der Waals surface area (Å²) in [7, 11) is 0. The van der Waals surface area contributed by atoms with Crippen molar-refractivity contribution >= 4 is 53.2 Å². The quantitative estimate of drug-likeness (QED) is 0.159. The fourth-order valence-electron chi connectivity index (χ4n) is 8.06. The first kappa shape index (κ1) is 33.1. The fraction of sp³-hybridized carbons (Fsp3) is 0. The maximum absolute atomic E-state index is 5.29. The number of para-hydroxylation sites is 1. The van der Waals surface area contributed by atoms with Gasteiger partial charge in [0.1, 0.15) is 0 Å². The van der Waals surface area contributed by atoms with Crippen LogP contribution >= 0.6 is 11.3 Å². The van der Waals surface area contributed by atoms with E-state index in [-0.39, 0.29) is 0 Å². The molecule has 0 aliphatic carbocycles. The lowest BCUT2D eigenvalue weighted by atomic mass is 9.95. The summed E-state index contributed by atoms with van der Waals surface area (Å²) in [6.07, 6.45) is 0. The first-order valence-corrected chi connectivity index (χ1v) is 20.0. The molecule has 0 fully saturated rings. The van der Waals surface area contributed by atoms with Crippen molar-refractivity contribution in [3.05, 3.63) is 200 Å². The lowest BCUT2D eigenvalue weighted by molar-refractivity contribution is 1.18. The van der Waals surface area contributed by atoms with E-state index in [1.165, 1.54) is 42.2 Å². The van der Waals surface area contributed by atoms with Gasteiger partial charge in [0.05, 0.1) is 22.6 Å². The summed E-state index contributed by atoms with van der Waals surface area (Å²) in [6, 6.07) is 70.8. The second-order valence-electron chi connectivity index (χ2n) is 14.4. The van der Waals surface area contributed by atoms with Crippen LogP contribution in [0.5, 0.6) is 0 Å². The maximum Gasteiger partial charge on any atom is 0.160 e. The van der Waals surface area contributed by atoms with Crippen LogP contribution in [0.3, 0.4) is 0 Å². The van der Waals surface area contributed by atoms with Gasteiger partial charge >= 0.3 is 0 Å². The van der Waals surface area contributed by atoms with Crippen molar-refractivity contribution in [1.29, 1.82) is 0 Å². The smallest absolute Gasteiger partial charge is 0.160 e. The van der Waals surface area contributed by atoms with Crippen LogP contribution in [0, 0.1) is 0 Å². The maximum atomic E-state index is 5.29. The van der Waals surface area contributed by atoms with Gasteiger partial charge in [-0.3, -0.25) is 0 Å². The predicted octanol–water partition coefficient (Wildman–Crippen LogP) is 14.5. The SMILES string of the molecule is c1ccc(-c2ccc(-c3cc(-c4ccc5sc6ccc7c(-c8ccccc8)nc8ccccc8c7c6c5c4)nc(-c4ccc(-c5ccccc5)cc4)n3)cc2)cc1. The Morgan fingerprint density at radius 1 is 0.298 bits per heavy atom. The number of aromatic nitrogens is 3. The molecule has 4 heteroatoms. The standard InChI is InChI=1S/C53H33N3S/c1-4-12-34(13-5-1)36-20-24-38(25-21-36)46-33-47(56-53(55-46)40-26-22-37(23-27-40)35-14-6-2-7-15-35)41-28-30-48-44(32-41)51-49(57-48)31-29-43-50(51)42-18-10-11-19-45(42)54-52(43)39-16-8-3-9-17-39/h1-33H. The molecule has 0 radical (unpaired) electrons. The molecule has 266 valence electrons. The number of rotatable bonds is 6. The molecule has 0 spiro atoms. The predicted molar refractivity (Wildman–Crippen MR) is 240 cm³/mol. The molecule has 0 bridgehead atoms. The van der Waals surface area contributed by atoms with E-state index in [1.54, 1.807) is 0 Å². The fourth-order valence-corrected chi connectivity index (χ4v) is 9.16. The van der Waals surface area contributed by atoms with Crippen molar-refractivity contribution in [2.45, 2.75) is 0 Å². The third-order valence-electron chi connectivity index (χ3n) is 10.9. The zero-order valence-corrected chi connectivity index (χ0v) is 31.6. The Balaban J connectivity index is 1.10. The molecule has 0 atom stereocenters. The van der Waals surface area contributed by atoms with E-state index in [0.717, 1.165) is 61.2 Å². The summed E-state index contributed by atoms with van der Waals surface area (Å²) in [6.45, 7) is 0. The van der Waals surface area contributed by atoms with E-state index in [9.17, 15) is 0 Å². The van der Waals surface area contributed by atoms with Crippen molar-refractivity contribution in [2.24, 2.45) is 0 Å². The van der Waals surface area contributed by atoms with Crippen molar-refractivity contribution in [2.75, 3.05) is 0 Å². The van der Waals surface area contributed by atoms with Crippen molar-refractivity contribution in [3.8, 4) is 67.4 Å². The number of hydrogen-bond acceptors (Lipinski definition) is 4. The van der Waals surface area contributed by atoms with Crippen LogP contribution in [0.15, 0.2) is 200 Å². The molecule has 0 amide bonds. The van der Waals surface area contributed by atoms with Crippen LogP contribution in [-0.4, -0.2) is 15.0 Å². The summed E-state index contributed by atoms with van der Waals surface area (Å²) in [5.41, 5.74) is 12.6. The highest BCUT2D eigenvalue weighted by molar-refractivity contribution is 7.26. The molecule has 57 heavy (non-hydrogen) atoms. The Labute approximate surface area is 334 Å². The number of pyridine rings is 1. The molecule has 0 unspecified atom stereocenters. The second kappa shape index (κ2) is 13.8. The van der Waals surface area contributed by atoms with E-state index in [1.807, 2.05) is 23.5 Å². The van der Waals surface area contributed by atoms with Crippen LogP contribution in [-0.2, 0) is 0 Å². The topological polar surface area (TPSA) is 38.7 Å². The highest BCUT2D eigenvalue weighted by Gasteiger charge is 2.18. The lowest BCUT2D eigenvalue weighted by Crippen LogP contribution is -1.96. The van der Waals surface area contributed by atoms with E-state index in [0.29, 0.717) is 5.82 Å². The molecule has 3 heterocycles. The van der Waals surface area contributed by atoms with Gasteiger partial charge in [0.2, 0.25) is 0 Å². The second-order valence-corrected chi connectivity index (χ2v) is 15.5. The van der Waals surface area contributed by atoms with E-state index in [2.05, 4.69) is 188 Å². The van der Waals surface area contributed by atoms with E-state index < -0.39 is 0 Å². The molecular weight excluding hydrogens is 711 g/mol. The summed E-state index contributed by atoms with van der Waals surface area (Å²) in [5.74, 6) is 0.694. The largest absolute Gasteiger partial charge is 0.247 e. The van der Waals surface area contributed by atoms with Crippen molar-refractivity contribution < 1.29 is 0 Å². The van der Waals surface area contributed by atoms with Gasteiger partial charge in [0.15, 0.2) is 5.82 Å². The van der Waals surface area contributed by atoms with Gasteiger partial charge < -0.3 is 0 Å². The monoisotopic (exact) mass is 743 g/mol. The number of thiophene rings is 1. The minimum atomic E-state index is 0.694. The molecule has 0 aliphatic heterocycles. The molecule has 8 aromatic carbocycles. The third kappa shape index (κ3) is 5.95. The Kier molecular flexibility index (Phi) is 8.01. The zero-order valence-electron chi connectivity index (χ0n) is 30.8. The van der Waals surface area contributed by atoms with Gasteiger partial charge in [-0.05, 0) is 52.6 Å². The van der Waals surface area contributed by atoms with Gasteiger partial charge in [0.25, 0.3) is 0 Å². The van der Waals surface area contributed by atoms with Gasteiger partial charge in [-0.2, -0.15) is 0 Å². The Hall–Kier alpha value is -7.27. The van der Waals surface area contributed by atoms with E-state index in [4.69, 9.17) is 15.0 Å². The van der Waals surface area contributed by atoms with E-state index >= 15 is 0 Å². The summed E-state index contributed by atoms with van der Waals surface area (Å²) >= 11 is 1.84. The van der Waals surface area contributed by atoms with Gasteiger partial charge in [-0.25, -0.2) is 15.0 Å². The van der Waals surface area contributed by atoms with Crippen LogP contribution in [0.4, 0.5) is 0 Å². The van der Waals surface area contributed by atoms with Crippen molar-refractivity contribution in [1.82, 2.24) is 15.0 Å². The van der Waals surface area contributed by atoms with Gasteiger partial charge in [0, 0.05) is 58.6 Å². The molecule has 0 N–H and O–H groups in total. The number of benzene rings is 8. The number of nitrogens with zero attached hydrogens (tertiary/aromatic N) is 3. The molecule has 11 aromatic rings. The minimum absolute atomic E-state index is 0.694. The highest BCUT2D eigenvalue weighted by atomic mass is 32.1. The van der Waals surface area contributed by atoms with Crippen molar-refractivity contribution in [3.63, 3.8) is 0 Å². The summed E-state index contributed by atoms with van der Waals surface area (Å²) in [5, 5.41) is 6.03. The number of hydrogen-bond donors (Lipinski definition) is 0. The normalized spacial score (nSPS) is 11.5. The highest BCUT2D eigenvalue weighted by Crippen LogP contribution is 2.44. The Morgan fingerprint density at radius 3 is 1.47 bits per heavy atom. The summed E-state index contributed by atoms with van der Waals surface area (Å²) in [4.78, 5) is 15.7. The van der Waals surface area contributed by atoms with Crippen LogP contribution in [0.1, 0.15) is 0 Å². The zero-order chi connectivity index (χ0) is 37.7. The lowest BCUT2D eigenvalue weighted by Gasteiger charge is -2.12. The molecule has 0 saturated carbocycles.